The van der Waals surface area contributed by atoms with Crippen LogP contribution in [0.15, 0.2) is 73.2 Å². The number of rotatable bonds is 7. The molecule has 0 amide bonds. The van der Waals surface area contributed by atoms with Gasteiger partial charge in [-0.25, -0.2) is 18.7 Å². The zero-order valence-electron chi connectivity index (χ0n) is 18.4. The maximum atomic E-state index is 14.1. The first kappa shape index (κ1) is 21.6. The fourth-order valence-corrected chi connectivity index (χ4v) is 3.56. The standard InChI is InChI=1S/C26H21F2N5O/c1-2-12-34-19-9-7-18(8-10-19)22-11-6-17(13-29-22)15-33-16-24-23(14-30-33)31-26(32-24)20-4-3-5-21(27)25(20)28/h3-11,13-14,16H,2,12,15H2,1H3. The molecule has 0 saturated heterocycles. The molecule has 2 aliphatic rings. The molecule has 0 aliphatic carbocycles. The summed E-state index contributed by atoms with van der Waals surface area (Å²) in [6.45, 7) is 3.25. The Morgan fingerprint density at radius 3 is 2.47 bits per heavy atom. The van der Waals surface area contributed by atoms with E-state index in [9.17, 15) is 8.78 Å². The Hall–Kier alpha value is -4.20. The van der Waals surface area contributed by atoms with Crippen LogP contribution in [0.2, 0.25) is 0 Å². The van der Waals surface area contributed by atoms with E-state index < -0.39 is 11.6 Å². The first-order chi connectivity index (χ1) is 16.6. The molecular weight excluding hydrogens is 436 g/mol. The number of halogens is 2. The average molecular weight is 457 g/mol. The van der Waals surface area contributed by atoms with E-state index in [1.165, 1.54) is 12.1 Å². The van der Waals surface area contributed by atoms with Gasteiger partial charge in [0.05, 0.1) is 36.8 Å². The Bertz CT molecular complexity index is 1380. The number of pyridine rings is 1. The highest BCUT2D eigenvalue weighted by Gasteiger charge is 2.18. The van der Waals surface area contributed by atoms with Crippen molar-refractivity contribution in [2.24, 2.45) is 0 Å². The molecule has 3 heterocycles. The predicted octanol–water partition coefficient (Wildman–Crippen LogP) is 5.62. The fraction of sp³-hybridized carbons (Fsp3) is 0.154. The van der Waals surface area contributed by atoms with Crippen LogP contribution in [-0.4, -0.2) is 31.3 Å². The summed E-state index contributed by atoms with van der Waals surface area (Å²) in [4.78, 5) is 13.2. The molecule has 0 atom stereocenters. The second kappa shape index (κ2) is 9.35. The van der Waals surface area contributed by atoms with Gasteiger partial charge < -0.3 is 4.74 Å². The van der Waals surface area contributed by atoms with Crippen molar-refractivity contribution in [1.29, 1.82) is 0 Å². The molecule has 3 aromatic rings. The van der Waals surface area contributed by atoms with Gasteiger partial charge in [0.1, 0.15) is 17.1 Å². The molecule has 2 aromatic carbocycles. The molecule has 170 valence electrons. The molecule has 2 aliphatic heterocycles. The molecule has 0 unspecified atom stereocenters. The van der Waals surface area contributed by atoms with Crippen molar-refractivity contribution in [2.45, 2.75) is 19.9 Å². The van der Waals surface area contributed by atoms with Crippen LogP contribution in [0.1, 0.15) is 18.9 Å². The molecule has 8 heteroatoms. The van der Waals surface area contributed by atoms with E-state index in [-0.39, 0.29) is 11.4 Å². The highest BCUT2D eigenvalue weighted by Crippen LogP contribution is 2.27. The van der Waals surface area contributed by atoms with E-state index in [4.69, 9.17) is 4.74 Å². The van der Waals surface area contributed by atoms with Crippen LogP contribution >= 0.6 is 0 Å². The van der Waals surface area contributed by atoms with Gasteiger partial charge in [-0.1, -0.05) is 19.1 Å². The molecule has 0 radical (unpaired) electrons. The van der Waals surface area contributed by atoms with Crippen molar-refractivity contribution in [2.75, 3.05) is 6.61 Å². The average Bonchev–Trinajstić information content (AvgIpc) is 3.28. The van der Waals surface area contributed by atoms with Crippen LogP contribution in [-0.2, 0) is 6.54 Å². The van der Waals surface area contributed by atoms with Crippen LogP contribution in [0, 0.1) is 11.6 Å². The number of nitrogens with zero attached hydrogens (tertiary/aromatic N) is 5. The SMILES string of the molecule is CCCOc1ccc(-c2ccc(Cn3cc4nc(-c5cccc(F)c5F)nc-4cn3)cn2)cc1. The highest BCUT2D eigenvalue weighted by atomic mass is 19.2. The van der Waals surface area contributed by atoms with Crippen molar-refractivity contribution >= 4 is 0 Å². The van der Waals surface area contributed by atoms with Crippen molar-refractivity contribution in [3.63, 3.8) is 0 Å². The van der Waals surface area contributed by atoms with E-state index >= 15 is 0 Å². The number of benzene rings is 2. The summed E-state index contributed by atoms with van der Waals surface area (Å²) >= 11 is 0. The van der Waals surface area contributed by atoms with Gasteiger partial charge in [0, 0.05) is 11.8 Å². The zero-order chi connectivity index (χ0) is 23.5. The van der Waals surface area contributed by atoms with Gasteiger partial charge in [-0.2, -0.15) is 5.10 Å². The number of imidazole rings is 1. The molecule has 0 fully saturated rings. The van der Waals surface area contributed by atoms with Gasteiger partial charge in [0.25, 0.3) is 0 Å². The molecule has 5 rings (SSSR count). The van der Waals surface area contributed by atoms with Crippen LogP contribution in [0.3, 0.4) is 0 Å². The van der Waals surface area contributed by atoms with Gasteiger partial charge in [-0.3, -0.25) is 9.67 Å². The minimum absolute atomic E-state index is 0.0208. The maximum absolute atomic E-state index is 14.1. The summed E-state index contributed by atoms with van der Waals surface area (Å²) in [7, 11) is 0. The van der Waals surface area contributed by atoms with E-state index in [2.05, 4.69) is 27.0 Å². The van der Waals surface area contributed by atoms with Crippen LogP contribution < -0.4 is 4.74 Å². The summed E-state index contributed by atoms with van der Waals surface area (Å²) in [5, 5.41) is 4.37. The van der Waals surface area contributed by atoms with E-state index in [0.29, 0.717) is 24.5 Å². The van der Waals surface area contributed by atoms with Crippen molar-refractivity contribution in [3.05, 3.63) is 90.4 Å². The minimum atomic E-state index is -0.965. The maximum Gasteiger partial charge on any atom is 0.169 e. The normalized spacial score (nSPS) is 11.1. The third kappa shape index (κ3) is 4.47. The van der Waals surface area contributed by atoms with Gasteiger partial charge in [0.15, 0.2) is 17.5 Å². The quantitative estimate of drug-likeness (QED) is 0.317. The number of hydrogen-bond donors (Lipinski definition) is 0. The third-order valence-corrected chi connectivity index (χ3v) is 5.30. The Morgan fingerprint density at radius 1 is 0.882 bits per heavy atom. The lowest BCUT2D eigenvalue weighted by molar-refractivity contribution is 0.317. The van der Waals surface area contributed by atoms with E-state index in [0.717, 1.165) is 35.1 Å². The topological polar surface area (TPSA) is 65.7 Å². The number of ether oxygens (including phenoxy) is 1. The Kier molecular flexibility index (Phi) is 5.95. The lowest BCUT2D eigenvalue weighted by Gasteiger charge is -2.08. The number of fused-ring (bicyclic) bond motifs is 1. The molecule has 1 aromatic heterocycles. The summed E-state index contributed by atoms with van der Waals surface area (Å²) in [6.07, 6.45) is 6.06. The second-order valence-electron chi connectivity index (χ2n) is 7.81. The van der Waals surface area contributed by atoms with Crippen LogP contribution in [0.4, 0.5) is 8.78 Å². The van der Waals surface area contributed by atoms with Crippen molar-refractivity contribution in [3.8, 4) is 39.8 Å². The summed E-state index contributed by atoms with van der Waals surface area (Å²) < 4.78 is 35.0. The lowest BCUT2D eigenvalue weighted by Crippen LogP contribution is -2.06. The van der Waals surface area contributed by atoms with Crippen LogP contribution in [0.25, 0.3) is 34.0 Å². The van der Waals surface area contributed by atoms with Gasteiger partial charge in [0.2, 0.25) is 0 Å². The summed E-state index contributed by atoms with van der Waals surface area (Å²) in [5.41, 5.74) is 3.90. The molecule has 0 bridgehead atoms. The number of hydrogen-bond acceptors (Lipinski definition) is 5. The lowest BCUT2D eigenvalue weighted by atomic mass is 10.1. The number of aromatic nitrogens is 5. The monoisotopic (exact) mass is 457 g/mol. The summed E-state index contributed by atoms with van der Waals surface area (Å²) in [5.74, 6) is -0.924. The van der Waals surface area contributed by atoms with E-state index in [1.807, 2.05) is 36.4 Å². The Balaban J connectivity index is 1.32. The fourth-order valence-electron chi connectivity index (χ4n) is 3.56. The highest BCUT2D eigenvalue weighted by molar-refractivity contribution is 5.65. The van der Waals surface area contributed by atoms with E-state index in [1.54, 1.807) is 23.3 Å². The first-order valence-corrected chi connectivity index (χ1v) is 10.9. The van der Waals surface area contributed by atoms with Gasteiger partial charge >= 0.3 is 0 Å². The van der Waals surface area contributed by atoms with Crippen LogP contribution in [0.5, 0.6) is 5.75 Å². The van der Waals surface area contributed by atoms with Gasteiger partial charge in [-0.15, -0.1) is 0 Å². The first-order valence-electron chi connectivity index (χ1n) is 10.9. The molecule has 34 heavy (non-hydrogen) atoms. The van der Waals surface area contributed by atoms with Crippen molar-refractivity contribution in [1.82, 2.24) is 24.7 Å². The minimum Gasteiger partial charge on any atom is -0.494 e. The zero-order valence-corrected chi connectivity index (χ0v) is 18.4. The molecule has 6 nitrogen and oxygen atoms in total. The smallest absolute Gasteiger partial charge is 0.169 e. The van der Waals surface area contributed by atoms with Crippen molar-refractivity contribution < 1.29 is 13.5 Å². The Morgan fingerprint density at radius 2 is 1.71 bits per heavy atom. The molecule has 0 spiro atoms. The molecular formula is C26H21F2N5O. The largest absolute Gasteiger partial charge is 0.494 e. The summed E-state index contributed by atoms with van der Waals surface area (Å²) in [6, 6.07) is 15.8. The third-order valence-electron chi connectivity index (χ3n) is 5.30. The van der Waals surface area contributed by atoms with Gasteiger partial charge in [-0.05, 0) is 54.4 Å². The second-order valence-corrected chi connectivity index (χ2v) is 7.81. The molecule has 0 N–H and O–H groups in total. The predicted molar refractivity (Wildman–Crippen MR) is 124 cm³/mol. The Labute approximate surface area is 195 Å². The molecule has 0 saturated carbocycles.